The molecule has 2 aromatic rings. The fourth-order valence-corrected chi connectivity index (χ4v) is 9.57. The standard InChI is InChI=1S/C32H37F4N3O3S/c1-28(2)14-22(15-28)6-13-26(40)29(3)20-37-27(38-29)30-17-31(18-30,19-30)39(43(41,42)25-11-9-24(33)10-12-25)16-21-4-7-23(8-5-21)32(34,35)36/h4-5,7-12,22H,6,13-20H2,1-3H3,(H,37,38)/t29-,30?,31?/m1/s1. The first kappa shape index (κ1) is 30.2. The Hall–Kier alpha value is -2.79. The van der Waals surface area contributed by atoms with Gasteiger partial charge in [-0.1, -0.05) is 26.0 Å². The Morgan fingerprint density at radius 2 is 1.60 bits per heavy atom. The normalized spacial score (nSPS) is 29.7. The molecule has 7 rings (SSSR count). The van der Waals surface area contributed by atoms with Crippen molar-refractivity contribution in [1.29, 1.82) is 0 Å². The van der Waals surface area contributed by atoms with Crippen LogP contribution < -0.4 is 5.32 Å². The van der Waals surface area contributed by atoms with Crippen molar-refractivity contribution in [3.63, 3.8) is 0 Å². The highest BCUT2D eigenvalue weighted by Crippen LogP contribution is 2.71. The predicted octanol–water partition coefficient (Wildman–Crippen LogP) is 6.50. The molecule has 5 aliphatic rings. The summed E-state index contributed by atoms with van der Waals surface area (Å²) < 4.78 is 82.1. The third-order valence-corrected chi connectivity index (χ3v) is 12.0. The van der Waals surface area contributed by atoms with Gasteiger partial charge in [-0.05, 0) is 98.7 Å². The Kier molecular flexibility index (Phi) is 6.93. The minimum atomic E-state index is -4.50. The second-order valence-electron chi connectivity index (χ2n) is 14.2. The molecular weight excluding hydrogens is 582 g/mol. The molecule has 0 unspecified atom stereocenters. The topological polar surface area (TPSA) is 78.8 Å². The molecule has 232 valence electrons. The number of alkyl halides is 3. The molecule has 2 aromatic carbocycles. The van der Waals surface area contributed by atoms with Crippen molar-refractivity contribution in [3.05, 3.63) is 65.5 Å². The van der Waals surface area contributed by atoms with E-state index < -0.39 is 38.7 Å². The maximum atomic E-state index is 13.9. The Morgan fingerprint density at radius 3 is 2.16 bits per heavy atom. The zero-order valence-electron chi connectivity index (χ0n) is 24.6. The number of carbonyl (C=O) groups is 1. The first-order valence-electron chi connectivity index (χ1n) is 14.8. The number of nitrogens with one attached hydrogen (secondary N) is 1. The zero-order valence-corrected chi connectivity index (χ0v) is 25.4. The van der Waals surface area contributed by atoms with Crippen LogP contribution >= 0.6 is 0 Å². The van der Waals surface area contributed by atoms with Crippen molar-refractivity contribution in [2.75, 3.05) is 6.54 Å². The average Bonchev–Trinajstić information content (AvgIpc) is 3.27. The SMILES string of the molecule is CC1(C)CC(CCC(=O)[C@@]2(C)CN=C(C34CC(N(Cc5ccc(C(F)(F)F)cc5)S(=O)(=O)c5ccc(F)cc5)(C3)C4)N2)C1. The number of aliphatic imine (C=N–C) groups is 1. The van der Waals surface area contributed by atoms with Gasteiger partial charge in [0.2, 0.25) is 10.0 Å². The molecule has 1 atom stereocenters. The van der Waals surface area contributed by atoms with Gasteiger partial charge in [0, 0.05) is 23.9 Å². The summed E-state index contributed by atoms with van der Waals surface area (Å²) in [6, 6.07) is 9.04. The molecule has 1 aliphatic heterocycles. The van der Waals surface area contributed by atoms with Gasteiger partial charge in [-0.3, -0.25) is 9.79 Å². The van der Waals surface area contributed by atoms with Crippen molar-refractivity contribution in [1.82, 2.24) is 9.62 Å². The van der Waals surface area contributed by atoms with Gasteiger partial charge in [0.25, 0.3) is 0 Å². The average molecular weight is 620 g/mol. The number of Topliss-reactive ketones (excluding diaryl/α,β-unsaturated/α-hetero) is 1. The van der Waals surface area contributed by atoms with E-state index in [1.807, 2.05) is 6.92 Å². The number of sulfonamides is 1. The van der Waals surface area contributed by atoms with Crippen LogP contribution in [0.1, 0.15) is 76.8 Å². The van der Waals surface area contributed by atoms with Crippen LogP contribution in [0.5, 0.6) is 0 Å². The summed E-state index contributed by atoms with van der Waals surface area (Å²) >= 11 is 0. The van der Waals surface area contributed by atoms with E-state index in [0.29, 0.717) is 49.1 Å². The van der Waals surface area contributed by atoms with Crippen molar-refractivity contribution in [3.8, 4) is 0 Å². The molecule has 4 aliphatic carbocycles. The van der Waals surface area contributed by atoms with Crippen LogP contribution in [0.4, 0.5) is 17.6 Å². The largest absolute Gasteiger partial charge is 0.416 e. The Balaban J connectivity index is 1.16. The second-order valence-corrected chi connectivity index (χ2v) is 16.1. The first-order valence-corrected chi connectivity index (χ1v) is 16.2. The van der Waals surface area contributed by atoms with Crippen molar-refractivity contribution < 1.29 is 30.8 Å². The molecule has 0 spiro atoms. The first-order chi connectivity index (χ1) is 20.0. The molecule has 2 bridgehead atoms. The van der Waals surface area contributed by atoms with Crippen LogP contribution in [-0.2, 0) is 27.5 Å². The van der Waals surface area contributed by atoms with Gasteiger partial charge in [-0.2, -0.15) is 17.5 Å². The van der Waals surface area contributed by atoms with Crippen molar-refractivity contribution in [2.24, 2.45) is 21.7 Å². The molecule has 4 saturated carbocycles. The molecule has 0 radical (unpaired) electrons. The summed E-state index contributed by atoms with van der Waals surface area (Å²) in [5.74, 6) is 0.890. The number of halogens is 4. The minimum absolute atomic E-state index is 0.0797. The Morgan fingerprint density at radius 1 is 1.00 bits per heavy atom. The van der Waals surface area contributed by atoms with Crippen LogP contribution in [0.2, 0.25) is 0 Å². The number of benzene rings is 2. The molecule has 4 fully saturated rings. The summed E-state index contributed by atoms with van der Waals surface area (Å²) in [5, 5.41) is 3.41. The van der Waals surface area contributed by atoms with Crippen LogP contribution in [0.25, 0.3) is 0 Å². The Bertz CT molecular complexity index is 1540. The second kappa shape index (κ2) is 9.86. The van der Waals surface area contributed by atoms with Crippen LogP contribution in [-0.4, -0.2) is 42.0 Å². The quantitative estimate of drug-likeness (QED) is 0.308. The Labute approximate surface area is 250 Å². The van der Waals surface area contributed by atoms with Gasteiger partial charge < -0.3 is 5.32 Å². The van der Waals surface area contributed by atoms with E-state index in [4.69, 9.17) is 4.99 Å². The zero-order chi connectivity index (χ0) is 31.1. The van der Waals surface area contributed by atoms with Gasteiger partial charge in [0.05, 0.1) is 17.0 Å². The van der Waals surface area contributed by atoms with Crippen LogP contribution in [0, 0.1) is 22.6 Å². The monoisotopic (exact) mass is 619 g/mol. The number of hydrogen-bond acceptors (Lipinski definition) is 5. The maximum absolute atomic E-state index is 13.9. The fraction of sp³-hybridized carbons (Fsp3) is 0.562. The number of hydrogen-bond donors (Lipinski definition) is 1. The van der Waals surface area contributed by atoms with Gasteiger partial charge >= 0.3 is 6.18 Å². The number of ketones is 1. The van der Waals surface area contributed by atoms with E-state index in [1.54, 1.807) is 0 Å². The summed E-state index contributed by atoms with van der Waals surface area (Å²) in [6.07, 6.45) is 0.598. The maximum Gasteiger partial charge on any atom is 0.416 e. The van der Waals surface area contributed by atoms with Crippen LogP contribution in [0.3, 0.4) is 0 Å². The molecule has 1 heterocycles. The van der Waals surface area contributed by atoms with E-state index in [0.717, 1.165) is 49.4 Å². The summed E-state index contributed by atoms with van der Waals surface area (Å²) in [7, 11) is -4.11. The number of nitrogens with zero attached hydrogens (tertiary/aromatic N) is 2. The predicted molar refractivity (Wildman–Crippen MR) is 154 cm³/mol. The molecular formula is C32H37F4N3O3S. The molecule has 43 heavy (non-hydrogen) atoms. The number of rotatable bonds is 10. The van der Waals surface area contributed by atoms with Crippen molar-refractivity contribution >= 4 is 21.6 Å². The highest BCUT2D eigenvalue weighted by Gasteiger charge is 2.75. The smallest absolute Gasteiger partial charge is 0.360 e. The van der Waals surface area contributed by atoms with E-state index >= 15 is 0 Å². The van der Waals surface area contributed by atoms with Crippen LogP contribution in [0.15, 0.2) is 58.4 Å². The molecule has 0 amide bonds. The third-order valence-electron chi connectivity index (χ3n) is 10.1. The highest BCUT2D eigenvalue weighted by atomic mass is 32.2. The third kappa shape index (κ3) is 5.30. The van der Waals surface area contributed by atoms with E-state index in [1.165, 1.54) is 28.6 Å². The lowest BCUT2D eigenvalue weighted by atomic mass is 9.38. The van der Waals surface area contributed by atoms with Gasteiger partial charge in [0.1, 0.15) is 17.2 Å². The lowest BCUT2D eigenvalue weighted by molar-refractivity contribution is -0.151. The lowest BCUT2D eigenvalue weighted by Crippen LogP contribution is -2.78. The molecule has 1 N–H and O–H groups in total. The van der Waals surface area contributed by atoms with E-state index in [2.05, 4.69) is 19.2 Å². The van der Waals surface area contributed by atoms with Gasteiger partial charge in [-0.15, -0.1) is 0 Å². The van der Waals surface area contributed by atoms with Gasteiger partial charge in [-0.25, -0.2) is 12.8 Å². The summed E-state index contributed by atoms with van der Waals surface area (Å²) in [6.45, 7) is 6.60. The lowest BCUT2D eigenvalue weighted by Gasteiger charge is -2.73. The van der Waals surface area contributed by atoms with E-state index in [-0.39, 0.29) is 22.6 Å². The van der Waals surface area contributed by atoms with Gasteiger partial charge in [0.15, 0.2) is 5.78 Å². The molecule has 0 saturated heterocycles. The molecule has 11 heteroatoms. The van der Waals surface area contributed by atoms with Crippen molar-refractivity contribution in [2.45, 2.75) is 94.4 Å². The highest BCUT2D eigenvalue weighted by molar-refractivity contribution is 7.89. The van der Waals surface area contributed by atoms with E-state index in [9.17, 15) is 30.8 Å². The molecule has 6 nitrogen and oxygen atoms in total. The molecule has 0 aromatic heterocycles. The fourth-order valence-electron chi connectivity index (χ4n) is 7.81. The number of carbonyl (C=O) groups excluding carboxylic acids is 1. The summed E-state index contributed by atoms with van der Waals surface area (Å²) in [5.41, 5.74) is -1.93. The number of amidine groups is 1. The summed E-state index contributed by atoms with van der Waals surface area (Å²) in [4.78, 5) is 17.9. The minimum Gasteiger partial charge on any atom is -0.360 e.